The lowest BCUT2D eigenvalue weighted by Gasteiger charge is -2.39. The fraction of sp³-hybridized carbons (Fsp3) is 0.786. The van der Waals surface area contributed by atoms with Crippen molar-refractivity contribution in [1.29, 1.82) is 0 Å². The van der Waals surface area contributed by atoms with Gasteiger partial charge in [-0.15, -0.1) is 0 Å². The second-order valence-corrected chi connectivity index (χ2v) is 6.32. The summed E-state index contributed by atoms with van der Waals surface area (Å²) < 4.78 is 6.06. The van der Waals surface area contributed by atoms with Gasteiger partial charge in [0.2, 0.25) is 0 Å². The molecule has 3 nitrogen and oxygen atoms in total. The van der Waals surface area contributed by atoms with Crippen LogP contribution in [0.4, 0.5) is 0 Å². The zero-order valence-corrected chi connectivity index (χ0v) is 11.8. The summed E-state index contributed by atoms with van der Waals surface area (Å²) in [6.07, 6.45) is 7.68. The molecule has 0 radical (unpaired) electrons. The second-order valence-electron chi connectivity index (χ2n) is 6.32. The van der Waals surface area contributed by atoms with Crippen LogP contribution in [0.1, 0.15) is 33.1 Å². The highest BCUT2D eigenvalue weighted by atomic mass is 16.5. The Morgan fingerprint density at radius 3 is 2.47 bits per heavy atom. The van der Waals surface area contributed by atoms with Crippen LogP contribution < -0.4 is 0 Å². The Labute approximate surface area is 105 Å². The van der Waals surface area contributed by atoms with Crippen molar-refractivity contribution in [1.82, 2.24) is 0 Å². The standard InChI is InChI=1S/C14H26NO2/c1-14(2,15(3,4)5)13(16)17-11-12-9-7-6-8-10-12/h6-7,12H,8-11H2,1-5H3/q+1. The maximum absolute atomic E-state index is 12.1. The van der Waals surface area contributed by atoms with Gasteiger partial charge in [-0.25, -0.2) is 4.79 Å². The van der Waals surface area contributed by atoms with Crippen LogP contribution >= 0.6 is 0 Å². The van der Waals surface area contributed by atoms with Crippen molar-refractivity contribution in [3.8, 4) is 0 Å². The summed E-state index contributed by atoms with van der Waals surface area (Å²) in [6, 6.07) is 0. The van der Waals surface area contributed by atoms with Gasteiger partial charge < -0.3 is 9.22 Å². The number of likely N-dealkylation sites (N-methyl/N-ethyl adjacent to an activating group) is 1. The Balaban J connectivity index is 2.46. The highest BCUT2D eigenvalue weighted by Crippen LogP contribution is 2.22. The molecule has 0 aromatic heterocycles. The van der Waals surface area contributed by atoms with Crippen molar-refractivity contribution in [2.75, 3.05) is 27.7 Å². The number of hydrogen-bond acceptors (Lipinski definition) is 2. The number of hydrogen-bond donors (Lipinski definition) is 0. The van der Waals surface area contributed by atoms with Gasteiger partial charge in [0, 0.05) is 13.8 Å². The number of carbonyl (C=O) groups is 1. The minimum absolute atomic E-state index is 0.0976. The molecule has 0 aliphatic heterocycles. The lowest BCUT2D eigenvalue weighted by molar-refractivity contribution is -0.909. The molecule has 0 spiro atoms. The van der Waals surface area contributed by atoms with Crippen LogP contribution in [0.5, 0.6) is 0 Å². The van der Waals surface area contributed by atoms with Gasteiger partial charge in [-0.2, -0.15) is 0 Å². The quantitative estimate of drug-likeness (QED) is 0.428. The molecule has 1 unspecified atom stereocenters. The number of quaternary nitrogens is 1. The monoisotopic (exact) mass is 240 g/mol. The molecule has 3 heteroatoms. The van der Waals surface area contributed by atoms with Crippen LogP contribution in [0.25, 0.3) is 0 Å². The number of carbonyl (C=O) groups excluding carboxylic acids is 1. The number of ether oxygens (including phenoxy) is 1. The molecule has 0 saturated heterocycles. The lowest BCUT2D eigenvalue weighted by Crippen LogP contribution is -2.58. The average molecular weight is 240 g/mol. The number of esters is 1. The molecule has 1 rings (SSSR count). The molecule has 98 valence electrons. The third kappa shape index (κ3) is 3.56. The minimum Gasteiger partial charge on any atom is -0.461 e. The summed E-state index contributed by atoms with van der Waals surface area (Å²) in [4.78, 5) is 12.1. The number of nitrogens with zero attached hydrogens (tertiary/aromatic N) is 1. The van der Waals surface area contributed by atoms with E-state index in [9.17, 15) is 4.79 Å². The van der Waals surface area contributed by atoms with Crippen molar-refractivity contribution in [3.63, 3.8) is 0 Å². The first-order chi connectivity index (χ1) is 7.75. The molecule has 0 bridgehead atoms. The first-order valence-corrected chi connectivity index (χ1v) is 6.39. The van der Waals surface area contributed by atoms with Crippen LogP contribution in [0.2, 0.25) is 0 Å². The molecule has 0 saturated carbocycles. The molecule has 0 amide bonds. The largest absolute Gasteiger partial charge is 0.461 e. The third-order valence-electron chi connectivity index (χ3n) is 4.00. The second kappa shape index (κ2) is 5.21. The highest BCUT2D eigenvalue weighted by molar-refractivity contribution is 5.78. The van der Waals surface area contributed by atoms with Crippen LogP contribution in [-0.2, 0) is 9.53 Å². The number of allylic oxidation sites excluding steroid dienone is 2. The fourth-order valence-corrected chi connectivity index (χ4v) is 1.65. The minimum atomic E-state index is -0.496. The summed E-state index contributed by atoms with van der Waals surface area (Å²) in [6.45, 7) is 4.44. The van der Waals surface area contributed by atoms with Gasteiger partial charge in [-0.3, -0.25) is 0 Å². The van der Waals surface area contributed by atoms with E-state index in [2.05, 4.69) is 12.2 Å². The van der Waals surface area contributed by atoms with Gasteiger partial charge in [-0.05, 0) is 25.2 Å². The first kappa shape index (κ1) is 14.2. The lowest BCUT2D eigenvalue weighted by atomic mass is 9.95. The molecule has 17 heavy (non-hydrogen) atoms. The maximum Gasteiger partial charge on any atom is 0.367 e. The van der Waals surface area contributed by atoms with E-state index in [0.29, 0.717) is 17.0 Å². The smallest absolute Gasteiger partial charge is 0.367 e. The van der Waals surface area contributed by atoms with E-state index in [1.807, 2.05) is 35.0 Å². The van der Waals surface area contributed by atoms with Crippen LogP contribution in [0, 0.1) is 5.92 Å². The summed E-state index contributed by atoms with van der Waals surface area (Å²) in [7, 11) is 6.06. The molecule has 0 heterocycles. The average Bonchev–Trinajstić information content (AvgIpc) is 2.25. The normalized spacial score (nSPS) is 21.4. The van der Waals surface area contributed by atoms with Gasteiger partial charge >= 0.3 is 5.97 Å². The van der Waals surface area contributed by atoms with Crippen LogP contribution in [-0.4, -0.2) is 43.7 Å². The molecule has 0 N–H and O–H groups in total. The molecule has 1 aliphatic carbocycles. The van der Waals surface area contributed by atoms with Gasteiger partial charge in [0.1, 0.15) is 0 Å². The first-order valence-electron chi connectivity index (χ1n) is 6.39. The molecular weight excluding hydrogens is 214 g/mol. The van der Waals surface area contributed by atoms with E-state index in [1.165, 1.54) is 0 Å². The SMILES string of the molecule is CC(C)(C(=O)OCC1CC=CCC1)[N+](C)(C)C. The fourth-order valence-electron chi connectivity index (χ4n) is 1.65. The summed E-state index contributed by atoms with van der Waals surface area (Å²) in [5.74, 6) is 0.409. The van der Waals surface area contributed by atoms with Crippen molar-refractivity contribution in [2.24, 2.45) is 5.92 Å². The van der Waals surface area contributed by atoms with E-state index in [1.54, 1.807) is 0 Å². The Morgan fingerprint density at radius 2 is 2.00 bits per heavy atom. The zero-order chi connectivity index (χ0) is 13.1. The predicted octanol–water partition coefficient (Wildman–Crippen LogP) is 2.37. The molecule has 1 aliphatic rings. The molecular formula is C14H26NO2+. The highest BCUT2D eigenvalue weighted by Gasteiger charge is 2.42. The zero-order valence-electron chi connectivity index (χ0n) is 11.8. The van der Waals surface area contributed by atoms with Crippen molar-refractivity contribution in [3.05, 3.63) is 12.2 Å². The summed E-state index contributed by atoms with van der Waals surface area (Å²) in [5.41, 5.74) is -0.496. The number of rotatable bonds is 4. The van der Waals surface area contributed by atoms with E-state index in [-0.39, 0.29) is 5.97 Å². The van der Waals surface area contributed by atoms with E-state index in [4.69, 9.17) is 4.74 Å². The van der Waals surface area contributed by atoms with Crippen LogP contribution in [0.15, 0.2) is 12.2 Å². The maximum atomic E-state index is 12.1. The van der Waals surface area contributed by atoms with Gasteiger partial charge in [0.05, 0.1) is 27.7 Å². The molecule has 0 fully saturated rings. The van der Waals surface area contributed by atoms with E-state index in [0.717, 1.165) is 19.3 Å². The van der Waals surface area contributed by atoms with Crippen molar-refractivity contribution >= 4 is 5.97 Å². The van der Waals surface area contributed by atoms with Crippen LogP contribution in [0.3, 0.4) is 0 Å². The van der Waals surface area contributed by atoms with E-state index < -0.39 is 5.54 Å². The van der Waals surface area contributed by atoms with Gasteiger partial charge in [0.25, 0.3) is 0 Å². The Hall–Kier alpha value is -0.830. The Morgan fingerprint density at radius 1 is 1.35 bits per heavy atom. The topological polar surface area (TPSA) is 26.3 Å². The Kier molecular flexibility index (Phi) is 4.36. The summed E-state index contributed by atoms with van der Waals surface area (Å²) in [5, 5.41) is 0. The molecule has 0 aromatic rings. The molecule has 0 aromatic carbocycles. The summed E-state index contributed by atoms with van der Waals surface area (Å²) >= 11 is 0. The van der Waals surface area contributed by atoms with Crippen molar-refractivity contribution in [2.45, 2.75) is 38.6 Å². The predicted molar refractivity (Wildman–Crippen MR) is 69.6 cm³/mol. The third-order valence-corrected chi connectivity index (χ3v) is 4.00. The molecule has 1 atom stereocenters. The van der Waals surface area contributed by atoms with E-state index >= 15 is 0 Å². The Bertz CT molecular complexity index is 300. The van der Waals surface area contributed by atoms with Crippen molar-refractivity contribution < 1.29 is 14.0 Å². The van der Waals surface area contributed by atoms with Gasteiger partial charge in [0.15, 0.2) is 5.54 Å². The van der Waals surface area contributed by atoms with Gasteiger partial charge in [-0.1, -0.05) is 12.2 Å².